The van der Waals surface area contributed by atoms with Crippen LogP contribution in [0.2, 0.25) is 0 Å². The number of benzene rings is 1. The summed E-state index contributed by atoms with van der Waals surface area (Å²) in [6, 6.07) is 7.68. The van der Waals surface area contributed by atoms with Gasteiger partial charge in [-0.1, -0.05) is 49.1 Å². The molecule has 2 nitrogen and oxygen atoms in total. The first kappa shape index (κ1) is 15.5. The van der Waals surface area contributed by atoms with Gasteiger partial charge >= 0.3 is 0 Å². The first-order valence-electron chi connectivity index (χ1n) is 8.18. The predicted octanol–water partition coefficient (Wildman–Crippen LogP) is 3.96. The summed E-state index contributed by atoms with van der Waals surface area (Å²) in [5.74, 6) is 0. The highest BCUT2D eigenvalue weighted by Crippen LogP contribution is 2.25. The molecule has 1 atom stereocenters. The van der Waals surface area contributed by atoms with Gasteiger partial charge in [0.2, 0.25) is 0 Å². The highest BCUT2D eigenvalue weighted by molar-refractivity contribution is 5.30. The Morgan fingerprint density at radius 1 is 1.15 bits per heavy atom. The fourth-order valence-corrected chi connectivity index (χ4v) is 3.56. The molecular formula is C18H30N2. The molecule has 1 aliphatic rings. The third kappa shape index (κ3) is 4.07. The number of aryl methyl sites for hydroxylation is 2. The minimum absolute atomic E-state index is 0.170. The third-order valence-electron chi connectivity index (χ3n) is 4.65. The highest BCUT2D eigenvalue weighted by atomic mass is 15.1. The maximum Gasteiger partial charge on any atom is 0.0307 e. The van der Waals surface area contributed by atoms with Crippen LogP contribution in [0.3, 0.4) is 0 Å². The molecule has 112 valence electrons. The normalized spacial score (nSPS) is 17.9. The van der Waals surface area contributed by atoms with Gasteiger partial charge in [-0.2, -0.15) is 0 Å². The molecule has 1 aromatic rings. The lowest BCUT2D eigenvalue weighted by molar-refractivity contribution is 0.202. The quantitative estimate of drug-likeness (QED) is 0.851. The maximum atomic E-state index is 6.41. The molecule has 0 saturated heterocycles. The Morgan fingerprint density at radius 2 is 1.75 bits per heavy atom. The second-order valence-electron chi connectivity index (χ2n) is 6.38. The zero-order valence-electron chi connectivity index (χ0n) is 13.4. The van der Waals surface area contributed by atoms with Gasteiger partial charge in [0.05, 0.1) is 0 Å². The van der Waals surface area contributed by atoms with Crippen molar-refractivity contribution in [1.82, 2.24) is 4.90 Å². The van der Waals surface area contributed by atoms with Crippen molar-refractivity contribution >= 4 is 0 Å². The van der Waals surface area contributed by atoms with Crippen LogP contribution in [0.4, 0.5) is 0 Å². The standard InChI is InChI=1S/C18H30N2/c1-4-20(17-7-5-6-8-17)10-9-18(19)16-12-14(2)11-15(3)13-16/h11-13,17-18H,4-10,19H2,1-3H3. The average Bonchev–Trinajstić information content (AvgIpc) is 2.92. The molecule has 1 aromatic carbocycles. The molecule has 0 spiro atoms. The molecule has 2 rings (SSSR count). The van der Waals surface area contributed by atoms with Crippen molar-refractivity contribution in [2.24, 2.45) is 5.73 Å². The minimum atomic E-state index is 0.170. The van der Waals surface area contributed by atoms with Crippen molar-refractivity contribution in [3.63, 3.8) is 0 Å². The molecule has 0 aliphatic heterocycles. The van der Waals surface area contributed by atoms with Crippen LogP contribution in [0.25, 0.3) is 0 Å². The van der Waals surface area contributed by atoms with Crippen molar-refractivity contribution in [3.8, 4) is 0 Å². The largest absolute Gasteiger partial charge is 0.324 e. The van der Waals surface area contributed by atoms with Gasteiger partial charge in [-0.25, -0.2) is 0 Å². The van der Waals surface area contributed by atoms with Crippen molar-refractivity contribution in [2.75, 3.05) is 13.1 Å². The Bertz CT molecular complexity index is 401. The lowest BCUT2D eigenvalue weighted by Crippen LogP contribution is -2.35. The van der Waals surface area contributed by atoms with E-state index in [2.05, 4.69) is 43.9 Å². The van der Waals surface area contributed by atoms with Crippen molar-refractivity contribution in [2.45, 2.75) is 65.0 Å². The summed E-state index contributed by atoms with van der Waals surface area (Å²) < 4.78 is 0. The summed E-state index contributed by atoms with van der Waals surface area (Å²) in [4.78, 5) is 2.63. The first-order valence-corrected chi connectivity index (χ1v) is 8.18. The van der Waals surface area contributed by atoms with Crippen LogP contribution in [-0.2, 0) is 0 Å². The van der Waals surface area contributed by atoms with E-state index >= 15 is 0 Å². The lowest BCUT2D eigenvalue weighted by atomic mass is 9.99. The van der Waals surface area contributed by atoms with Crippen molar-refractivity contribution in [1.29, 1.82) is 0 Å². The molecule has 2 heteroatoms. The Labute approximate surface area is 124 Å². The van der Waals surface area contributed by atoms with Crippen LogP contribution in [0.1, 0.15) is 61.8 Å². The zero-order chi connectivity index (χ0) is 14.5. The van der Waals surface area contributed by atoms with Crippen LogP contribution in [0.5, 0.6) is 0 Å². The molecule has 20 heavy (non-hydrogen) atoms. The van der Waals surface area contributed by atoms with Crippen molar-refractivity contribution < 1.29 is 0 Å². The van der Waals surface area contributed by atoms with E-state index < -0.39 is 0 Å². The van der Waals surface area contributed by atoms with Gasteiger partial charge in [0.25, 0.3) is 0 Å². The molecule has 0 radical (unpaired) electrons. The van der Waals surface area contributed by atoms with Gasteiger partial charge < -0.3 is 10.6 Å². The molecular weight excluding hydrogens is 244 g/mol. The van der Waals surface area contributed by atoms with E-state index in [1.54, 1.807) is 0 Å². The number of nitrogens with two attached hydrogens (primary N) is 1. The van der Waals surface area contributed by atoms with E-state index in [1.165, 1.54) is 42.4 Å². The minimum Gasteiger partial charge on any atom is -0.324 e. The van der Waals surface area contributed by atoms with E-state index in [0.717, 1.165) is 25.6 Å². The summed E-state index contributed by atoms with van der Waals surface area (Å²) >= 11 is 0. The van der Waals surface area contributed by atoms with E-state index in [0.29, 0.717) is 0 Å². The van der Waals surface area contributed by atoms with Crippen molar-refractivity contribution in [3.05, 3.63) is 34.9 Å². The molecule has 0 amide bonds. The van der Waals surface area contributed by atoms with E-state index in [4.69, 9.17) is 5.73 Å². The smallest absolute Gasteiger partial charge is 0.0307 e. The molecule has 1 aliphatic carbocycles. The van der Waals surface area contributed by atoms with E-state index in [-0.39, 0.29) is 6.04 Å². The maximum absolute atomic E-state index is 6.41. The van der Waals surface area contributed by atoms with Gasteiger partial charge in [-0.05, 0) is 45.2 Å². The zero-order valence-corrected chi connectivity index (χ0v) is 13.4. The number of hydrogen-bond acceptors (Lipinski definition) is 2. The summed E-state index contributed by atoms with van der Waals surface area (Å²) in [6.45, 7) is 8.88. The Morgan fingerprint density at radius 3 is 2.30 bits per heavy atom. The van der Waals surface area contributed by atoms with Gasteiger partial charge in [0.15, 0.2) is 0 Å². The van der Waals surface area contributed by atoms with Crippen LogP contribution < -0.4 is 5.73 Å². The molecule has 1 fully saturated rings. The SMILES string of the molecule is CCN(CCC(N)c1cc(C)cc(C)c1)C1CCCC1. The summed E-state index contributed by atoms with van der Waals surface area (Å²) in [5.41, 5.74) is 10.3. The van der Waals surface area contributed by atoms with Crippen LogP contribution in [-0.4, -0.2) is 24.0 Å². The van der Waals surface area contributed by atoms with Crippen LogP contribution >= 0.6 is 0 Å². The number of nitrogens with zero attached hydrogens (tertiary/aromatic N) is 1. The molecule has 0 heterocycles. The Kier molecular flexibility index (Phi) is 5.62. The monoisotopic (exact) mass is 274 g/mol. The predicted molar refractivity (Wildman–Crippen MR) is 87.0 cm³/mol. The van der Waals surface area contributed by atoms with Crippen LogP contribution in [0, 0.1) is 13.8 Å². The third-order valence-corrected chi connectivity index (χ3v) is 4.65. The Hall–Kier alpha value is -0.860. The summed E-state index contributed by atoms with van der Waals surface area (Å²) in [6.07, 6.45) is 6.64. The fraction of sp³-hybridized carbons (Fsp3) is 0.667. The Balaban J connectivity index is 1.91. The molecule has 0 bridgehead atoms. The highest BCUT2D eigenvalue weighted by Gasteiger charge is 2.21. The number of rotatable bonds is 6. The van der Waals surface area contributed by atoms with Gasteiger partial charge in [-0.15, -0.1) is 0 Å². The van der Waals surface area contributed by atoms with Gasteiger partial charge in [-0.3, -0.25) is 0 Å². The lowest BCUT2D eigenvalue weighted by Gasteiger charge is -2.28. The average molecular weight is 274 g/mol. The van der Waals surface area contributed by atoms with E-state index in [1.807, 2.05) is 0 Å². The first-order chi connectivity index (χ1) is 9.60. The van der Waals surface area contributed by atoms with E-state index in [9.17, 15) is 0 Å². The molecule has 1 saturated carbocycles. The summed E-state index contributed by atoms with van der Waals surface area (Å²) in [7, 11) is 0. The van der Waals surface area contributed by atoms with Gasteiger partial charge in [0.1, 0.15) is 0 Å². The second kappa shape index (κ2) is 7.24. The molecule has 2 N–H and O–H groups in total. The molecule has 1 unspecified atom stereocenters. The topological polar surface area (TPSA) is 29.3 Å². The second-order valence-corrected chi connectivity index (χ2v) is 6.38. The molecule has 0 aromatic heterocycles. The number of hydrogen-bond donors (Lipinski definition) is 1. The summed E-state index contributed by atoms with van der Waals surface area (Å²) in [5, 5.41) is 0. The van der Waals surface area contributed by atoms with Crippen LogP contribution in [0.15, 0.2) is 18.2 Å². The fourth-order valence-electron chi connectivity index (χ4n) is 3.56. The van der Waals surface area contributed by atoms with Gasteiger partial charge in [0, 0.05) is 18.6 Å².